The molecule has 2 aromatic rings. The number of aliphatic carboxylic acids is 1. The second-order valence-corrected chi connectivity index (χ2v) is 7.62. The van der Waals surface area contributed by atoms with Crippen LogP contribution in [0.5, 0.6) is 0 Å². The molecule has 21 heavy (non-hydrogen) atoms. The third kappa shape index (κ3) is 4.43. The fourth-order valence-corrected chi connectivity index (χ4v) is 4.39. The summed E-state index contributed by atoms with van der Waals surface area (Å²) < 4.78 is 12.2. The average molecular weight is 325 g/mol. The molecule has 5 nitrogen and oxygen atoms in total. The normalized spacial score (nSPS) is 15.1. The van der Waals surface area contributed by atoms with Gasteiger partial charge in [0.15, 0.2) is 0 Å². The van der Waals surface area contributed by atoms with Gasteiger partial charge in [-0.05, 0) is 29.5 Å². The summed E-state index contributed by atoms with van der Waals surface area (Å²) in [5.74, 6) is -1.56. The van der Waals surface area contributed by atoms with Crippen molar-refractivity contribution >= 4 is 29.8 Å². The van der Waals surface area contributed by atoms with Crippen molar-refractivity contribution in [2.75, 3.05) is 5.09 Å². The lowest BCUT2D eigenvalue weighted by Gasteiger charge is -2.13. The molecule has 2 atom stereocenters. The maximum absolute atomic E-state index is 12.2. The monoisotopic (exact) mass is 325 g/mol. The standard InChI is InChI=1S/C14H16NO4PS/c1-10(14(16)17)12-7-13(21-9-12)15-20(18,19)8-11-5-3-2-4-6-11/h2-7,9-10H,8H2,1H3,(H,16,17)(H2,15,18,19). The molecule has 2 unspecified atom stereocenters. The second kappa shape index (κ2) is 6.43. The molecule has 0 saturated carbocycles. The van der Waals surface area contributed by atoms with E-state index in [9.17, 15) is 14.3 Å². The van der Waals surface area contributed by atoms with Gasteiger partial charge in [-0.1, -0.05) is 30.3 Å². The summed E-state index contributed by atoms with van der Waals surface area (Å²) in [7, 11) is -3.56. The Morgan fingerprint density at radius 1 is 1.38 bits per heavy atom. The van der Waals surface area contributed by atoms with Gasteiger partial charge in [0, 0.05) is 0 Å². The van der Waals surface area contributed by atoms with Gasteiger partial charge >= 0.3 is 5.97 Å². The summed E-state index contributed by atoms with van der Waals surface area (Å²) in [4.78, 5) is 20.9. The first-order chi connectivity index (χ1) is 9.87. The van der Waals surface area contributed by atoms with Crippen molar-refractivity contribution in [3.8, 4) is 0 Å². The van der Waals surface area contributed by atoms with E-state index in [0.717, 1.165) is 5.56 Å². The smallest absolute Gasteiger partial charge is 0.310 e. The molecule has 0 radical (unpaired) electrons. The molecule has 0 saturated heterocycles. The van der Waals surface area contributed by atoms with E-state index >= 15 is 0 Å². The molecular weight excluding hydrogens is 309 g/mol. The predicted octanol–water partition coefficient (Wildman–Crippen LogP) is 3.73. The van der Waals surface area contributed by atoms with Crippen molar-refractivity contribution in [2.24, 2.45) is 0 Å². The lowest BCUT2D eigenvalue weighted by Crippen LogP contribution is -2.06. The SMILES string of the molecule is CC(C(=O)O)c1csc(NP(=O)(O)Cc2ccccc2)c1. The molecule has 112 valence electrons. The van der Waals surface area contributed by atoms with E-state index in [2.05, 4.69) is 5.09 Å². The fourth-order valence-electron chi connectivity index (χ4n) is 1.82. The quantitative estimate of drug-likeness (QED) is 0.704. The number of carboxylic acids is 1. The maximum atomic E-state index is 12.2. The zero-order chi connectivity index (χ0) is 15.5. The molecule has 0 aliphatic heterocycles. The van der Waals surface area contributed by atoms with Crippen molar-refractivity contribution < 1.29 is 19.4 Å². The third-order valence-corrected chi connectivity index (χ3v) is 5.41. The summed E-state index contributed by atoms with van der Waals surface area (Å²) in [6, 6.07) is 10.7. The van der Waals surface area contributed by atoms with E-state index < -0.39 is 19.4 Å². The molecule has 3 N–H and O–H groups in total. The molecule has 1 heterocycles. The average Bonchev–Trinajstić information content (AvgIpc) is 2.85. The largest absolute Gasteiger partial charge is 0.481 e. The predicted molar refractivity (Wildman–Crippen MR) is 84.0 cm³/mol. The summed E-state index contributed by atoms with van der Waals surface area (Å²) in [5, 5.41) is 13.8. The topological polar surface area (TPSA) is 86.6 Å². The van der Waals surface area contributed by atoms with E-state index in [1.807, 2.05) is 18.2 Å². The third-order valence-electron chi connectivity index (χ3n) is 3.01. The molecule has 0 aliphatic carbocycles. The van der Waals surface area contributed by atoms with Crippen molar-refractivity contribution in [1.29, 1.82) is 0 Å². The number of hydrogen-bond acceptors (Lipinski definition) is 3. The van der Waals surface area contributed by atoms with Gasteiger partial charge in [0.05, 0.1) is 17.1 Å². The van der Waals surface area contributed by atoms with Crippen molar-refractivity contribution in [2.45, 2.75) is 19.0 Å². The van der Waals surface area contributed by atoms with Crippen LogP contribution in [0.2, 0.25) is 0 Å². The Hall–Kier alpha value is -1.62. The summed E-state index contributed by atoms with van der Waals surface area (Å²) >= 11 is 1.23. The van der Waals surface area contributed by atoms with Crippen LogP contribution in [0.1, 0.15) is 24.0 Å². The van der Waals surface area contributed by atoms with E-state index in [1.54, 1.807) is 30.5 Å². The van der Waals surface area contributed by atoms with Gasteiger partial charge in [0.25, 0.3) is 7.52 Å². The highest BCUT2D eigenvalue weighted by molar-refractivity contribution is 7.59. The van der Waals surface area contributed by atoms with Crippen LogP contribution < -0.4 is 5.09 Å². The lowest BCUT2D eigenvalue weighted by molar-refractivity contribution is -0.138. The van der Waals surface area contributed by atoms with E-state index in [0.29, 0.717) is 10.6 Å². The van der Waals surface area contributed by atoms with Gasteiger partial charge in [0.2, 0.25) is 0 Å². The number of carboxylic acid groups (broad SMARTS) is 1. The molecule has 0 spiro atoms. The molecule has 2 rings (SSSR count). The highest BCUT2D eigenvalue weighted by Crippen LogP contribution is 2.46. The van der Waals surface area contributed by atoms with Crippen molar-refractivity contribution in [3.05, 3.63) is 52.9 Å². The van der Waals surface area contributed by atoms with Gasteiger partial charge in [-0.15, -0.1) is 11.3 Å². The first-order valence-corrected chi connectivity index (χ1v) is 9.05. The minimum absolute atomic E-state index is 0.0234. The number of thiophene rings is 1. The minimum atomic E-state index is -3.56. The molecule has 0 aliphatic rings. The highest BCUT2D eigenvalue weighted by Gasteiger charge is 2.21. The Morgan fingerprint density at radius 3 is 2.67 bits per heavy atom. The number of carbonyl (C=O) groups is 1. The zero-order valence-electron chi connectivity index (χ0n) is 11.4. The van der Waals surface area contributed by atoms with Crippen LogP contribution in [-0.2, 0) is 15.5 Å². The zero-order valence-corrected chi connectivity index (χ0v) is 13.1. The van der Waals surface area contributed by atoms with Gasteiger partial charge in [-0.25, -0.2) is 0 Å². The second-order valence-electron chi connectivity index (χ2n) is 4.76. The van der Waals surface area contributed by atoms with Crippen LogP contribution in [-0.4, -0.2) is 16.0 Å². The summed E-state index contributed by atoms with van der Waals surface area (Å²) in [6.45, 7) is 1.58. The van der Waals surface area contributed by atoms with Gasteiger partial charge < -0.3 is 15.1 Å². The summed E-state index contributed by atoms with van der Waals surface area (Å²) in [6.07, 6.45) is 0.0234. The van der Waals surface area contributed by atoms with Crippen LogP contribution in [0.4, 0.5) is 5.00 Å². The van der Waals surface area contributed by atoms with Crippen LogP contribution >= 0.6 is 18.9 Å². The molecule has 0 amide bonds. The number of anilines is 1. The highest BCUT2D eigenvalue weighted by atomic mass is 32.1. The van der Waals surface area contributed by atoms with Crippen LogP contribution in [0.15, 0.2) is 41.8 Å². The summed E-state index contributed by atoms with van der Waals surface area (Å²) in [5.41, 5.74) is 1.39. The van der Waals surface area contributed by atoms with Crippen molar-refractivity contribution in [3.63, 3.8) is 0 Å². The van der Waals surface area contributed by atoms with E-state index in [4.69, 9.17) is 5.11 Å². The van der Waals surface area contributed by atoms with Gasteiger partial charge in [0.1, 0.15) is 0 Å². The van der Waals surface area contributed by atoms with Crippen LogP contribution in [0, 0.1) is 0 Å². The van der Waals surface area contributed by atoms with Gasteiger partial charge in [-0.2, -0.15) is 0 Å². The minimum Gasteiger partial charge on any atom is -0.481 e. The Kier molecular flexibility index (Phi) is 4.83. The van der Waals surface area contributed by atoms with Crippen molar-refractivity contribution in [1.82, 2.24) is 0 Å². The molecule has 0 bridgehead atoms. The Morgan fingerprint density at radius 2 is 2.05 bits per heavy atom. The van der Waals surface area contributed by atoms with E-state index in [-0.39, 0.29) is 6.16 Å². The Balaban J connectivity index is 2.07. The van der Waals surface area contributed by atoms with Crippen LogP contribution in [0.25, 0.3) is 0 Å². The van der Waals surface area contributed by atoms with E-state index in [1.165, 1.54) is 11.3 Å². The molecule has 0 fully saturated rings. The molecule has 7 heteroatoms. The first-order valence-electron chi connectivity index (χ1n) is 6.32. The number of hydrogen-bond donors (Lipinski definition) is 3. The van der Waals surface area contributed by atoms with Gasteiger partial charge in [-0.3, -0.25) is 9.36 Å². The maximum Gasteiger partial charge on any atom is 0.310 e. The first kappa shape index (κ1) is 15.8. The van der Waals surface area contributed by atoms with Crippen LogP contribution in [0.3, 0.4) is 0 Å². The molecule has 1 aromatic carbocycles. The number of nitrogens with one attached hydrogen (secondary N) is 1. The lowest BCUT2D eigenvalue weighted by atomic mass is 10.1. The Bertz CT molecular complexity index is 671. The number of rotatable bonds is 6. The molecular formula is C14H16NO4PS. The number of benzene rings is 1. The Labute approximate surface area is 126 Å². The molecule has 1 aromatic heterocycles. The fraction of sp³-hybridized carbons (Fsp3) is 0.214.